The highest BCUT2D eigenvalue weighted by molar-refractivity contribution is 7.09. The third-order valence-corrected chi connectivity index (χ3v) is 7.23. The molecule has 7 heteroatoms. The largest absolute Gasteiger partial charge is 0.352 e. The minimum absolute atomic E-state index is 0.258. The van der Waals surface area contributed by atoms with Crippen LogP contribution >= 0.6 is 11.3 Å². The number of hydrogen-bond donors (Lipinski definition) is 2. The topological polar surface area (TPSA) is 69.6 Å². The summed E-state index contributed by atoms with van der Waals surface area (Å²) in [6.07, 6.45) is 7.49. The number of hydrogen-bond acceptors (Lipinski definition) is 4. The van der Waals surface area contributed by atoms with E-state index in [2.05, 4.69) is 45.3 Å². The monoisotopic (exact) mass is 439 g/mol. The molecule has 1 aliphatic heterocycles. The number of nitrogens with one attached hydrogen (secondary N) is 2. The number of aliphatic imine (C=N–C) groups is 1. The lowest BCUT2D eigenvalue weighted by atomic mass is 10.1. The molecule has 6 nitrogen and oxygen atoms in total. The van der Waals surface area contributed by atoms with E-state index in [0.717, 1.165) is 56.8 Å². The van der Waals surface area contributed by atoms with Gasteiger partial charge in [0.25, 0.3) is 0 Å². The molecule has 2 heterocycles. The number of thiazole rings is 1. The lowest BCUT2D eigenvalue weighted by Gasteiger charge is -2.21. The van der Waals surface area contributed by atoms with E-state index in [1.807, 2.05) is 11.0 Å². The Labute approximate surface area is 189 Å². The van der Waals surface area contributed by atoms with Crippen molar-refractivity contribution >= 4 is 23.2 Å². The van der Waals surface area contributed by atoms with Crippen LogP contribution in [0.2, 0.25) is 0 Å². The van der Waals surface area contributed by atoms with Gasteiger partial charge in [0.15, 0.2) is 5.96 Å². The quantitative estimate of drug-likeness (QED) is 0.513. The van der Waals surface area contributed by atoms with E-state index in [0.29, 0.717) is 12.5 Å². The number of likely N-dealkylation sites (tertiary alicyclic amines) is 1. The van der Waals surface area contributed by atoms with Gasteiger partial charge in [0.05, 0.1) is 17.2 Å². The van der Waals surface area contributed by atoms with Gasteiger partial charge in [0, 0.05) is 43.9 Å². The Bertz CT molecular complexity index is 875. The van der Waals surface area contributed by atoms with Crippen molar-refractivity contribution in [2.45, 2.75) is 57.5 Å². The SMILES string of the molecule is CN=C(NCc1csc(CCc2ccccc2)n1)NC1CCN(C(=O)C2CCCC2)C1. The molecule has 2 N–H and O–H groups in total. The lowest BCUT2D eigenvalue weighted by Crippen LogP contribution is -2.45. The van der Waals surface area contributed by atoms with Gasteiger partial charge in [-0.05, 0) is 31.2 Å². The van der Waals surface area contributed by atoms with E-state index in [1.165, 1.54) is 23.4 Å². The number of amides is 1. The van der Waals surface area contributed by atoms with Crippen LogP contribution < -0.4 is 10.6 Å². The summed E-state index contributed by atoms with van der Waals surface area (Å²) in [6, 6.07) is 10.8. The van der Waals surface area contributed by atoms with Crippen molar-refractivity contribution < 1.29 is 4.79 Å². The average molecular weight is 440 g/mol. The molecule has 4 rings (SSSR count). The summed E-state index contributed by atoms with van der Waals surface area (Å²) in [4.78, 5) is 23.8. The summed E-state index contributed by atoms with van der Waals surface area (Å²) in [6.45, 7) is 2.27. The smallest absolute Gasteiger partial charge is 0.225 e. The maximum atomic E-state index is 12.7. The third kappa shape index (κ3) is 6.06. The molecule has 1 saturated heterocycles. The van der Waals surface area contributed by atoms with E-state index >= 15 is 0 Å². The normalized spacial score (nSPS) is 19.7. The molecule has 1 aromatic heterocycles. The minimum atomic E-state index is 0.258. The second-order valence-electron chi connectivity index (χ2n) is 8.54. The van der Waals surface area contributed by atoms with Crippen LogP contribution in [0.4, 0.5) is 0 Å². The Balaban J connectivity index is 1.20. The molecule has 166 valence electrons. The number of benzene rings is 1. The summed E-state index contributed by atoms with van der Waals surface area (Å²) in [5.74, 6) is 1.39. The van der Waals surface area contributed by atoms with E-state index in [-0.39, 0.29) is 12.0 Å². The molecule has 0 bridgehead atoms. The van der Waals surface area contributed by atoms with Crippen molar-refractivity contribution in [2.75, 3.05) is 20.1 Å². The van der Waals surface area contributed by atoms with Crippen LogP contribution in [0.15, 0.2) is 40.7 Å². The van der Waals surface area contributed by atoms with E-state index in [1.54, 1.807) is 18.4 Å². The van der Waals surface area contributed by atoms with Crippen LogP contribution in [0.25, 0.3) is 0 Å². The molecule has 1 atom stereocenters. The van der Waals surface area contributed by atoms with Crippen molar-refractivity contribution in [3.63, 3.8) is 0 Å². The summed E-state index contributed by atoms with van der Waals surface area (Å²) in [5, 5.41) is 10.2. The molecule has 2 aromatic rings. The van der Waals surface area contributed by atoms with Gasteiger partial charge < -0.3 is 15.5 Å². The fourth-order valence-corrected chi connectivity index (χ4v) is 5.31. The van der Waals surface area contributed by atoms with Crippen LogP contribution in [-0.4, -0.2) is 47.9 Å². The van der Waals surface area contributed by atoms with E-state index in [4.69, 9.17) is 4.98 Å². The molecule has 1 saturated carbocycles. The van der Waals surface area contributed by atoms with Gasteiger partial charge in [-0.15, -0.1) is 11.3 Å². The Kier molecular flexibility index (Phi) is 7.57. The van der Waals surface area contributed by atoms with Crippen molar-refractivity contribution in [3.05, 3.63) is 52.0 Å². The number of aryl methyl sites for hydroxylation is 2. The molecular weight excluding hydrogens is 406 g/mol. The predicted molar refractivity (Wildman–Crippen MR) is 126 cm³/mol. The first-order chi connectivity index (χ1) is 15.2. The summed E-state index contributed by atoms with van der Waals surface area (Å²) < 4.78 is 0. The van der Waals surface area contributed by atoms with Crippen molar-refractivity contribution in [1.82, 2.24) is 20.5 Å². The fourth-order valence-electron chi connectivity index (χ4n) is 4.51. The molecule has 1 aromatic carbocycles. The Morgan fingerprint density at radius 3 is 2.77 bits per heavy atom. The standard InChI is InChI=1S/C24H33N5OS/c1-25-24(28-20-13-14-29(16-20)23(30)19-9-5-6-10-19)26-15-21-17-31-22(27-21)12-11-18-7-3-2-4-8-18/h2-4,7-8,17,19-20H,5-6,9-16H2,1H3,(H2,25,26,28). The van der Waals surface area contributed by atoms with Crippen molar-refractivity contribution in [3.8, 4) is 0 Å². The number of carbonyl (C=O) groups excluding carboxylic acids is 1. The van der Waals surface area contributed by atoms with Crippen LogP contribution in [0.5, 0.6) is 0 Å². The molecule has 0 spiro atoms. The van der Waals surface area contributed by atoms with Gasteiger partial charge in [0.2, 0.25) is 5.91 Å². The fraction of sp³-hybridized carbons (Fsp3) is 0.542. The zero-order chi connectivity index (χ0) is 21.5. The highest BCUT2D eigenvalue weighted by Crippen LogP contribution is 2.27. The first kappa shape index (κ1) is 21.8. The van der Waals surface area contributed by atoms with E-state index in [9.17, 15) is 4.79 Å². The van der Waals surface area contributed by atoms with Gasteiger partial charge in [-0.1, -0.05) is 43.2 Å². The first-order valence-electron chi connectivity index (χ1n) is 11.4. The molecule has 31 heavy (non-hydrogen) atoms. The van der Waals surface area contributed by atoms with E-state index < -0.39 is 0 Å². The second kappa shape index (κ2) is 10.8. The molecule has 1 unspecified atom stereocenters. The van der Waals surface area contributed by atoms with Gasteiger partial charge in [0.1, 0.15) is 0 Å². The molecule has 2 aliphatic rings. The number of rotatable bonds is 7. The van der Waals surface area contributed by atoms with Gasteiger partial charge in [-0.25, -0.2) is 4.98 Å². The molecule has 0 radical (unpaired) electrons. The Morgan fingerprint density at radius 1 is 1.19 bits per heavy atom. The van der Waals surface area contributed by atoms with Gasteiger partial charge >= 0.3 is 0 Å². The number of carbonyl (C=O) groups is 1. The molecular formula is C24H33N5OS. The lowest BCUT2D eigenvalue weighted by molar-refractivity contribution is -0.134. The number of aromatic nitrogens is 1. The second-order valence-corrected chi connectivity index (χ2v) is 9.48. The Morgan fingerprint density at radius 2 is 2.00 bits per heavy atom. The third-order valence-electron chi connectivity index (χ3n) is 6.28. The summed E-state index contributed by atoms with van der Waals surface area (Å²) >= 11 is 1.72. The molecule has 1 aliphatic carbocycles. The highest BCUT2D eigenvalue weighted by atomic mass is 32.1. The van der Waals surface area contributed by atoms with Crippen LogP contribution in [-0.2, 0) is 24.2 Å². The van der Waals surface area contributed by atoms with Crippen molar-refractivity contribution in [1.29, 1.82) is 0 Å². The Hall–Kier alpha value is -2.41. The van der Waals surface area contributed by atoms with Gasteiger partial charge in [-0.2, -0.15) is 0 Å². The maximum Gasteiger partial charge on any atom is 0.225 e. The minimum Gasteiger partial charge on any atom is -0.352 e. The zero-order valence-electron chi connectivity index (χ0n) is 18.3. The van der Waals surface area contributed by atoms with Gasteiger partial charge in [-0.3, -0.25) is 9.79 Å². The molecule has 2 fully saturated rings. The highest BCUT2D eigenvalue weighted by Gasteiger charge is 2.32. The number of guanidine groups is 1. The van der Waals surface area contributed by atoms with Crippen LogP contribution in [0.3, 0.4) is 0 Å². The van der Waals surface area contributed by atoms with Crippen LogP contribution in [0.1, 0.15) is 48.4 Å². The summed E-state index contributed by atoms with van der Waals surface area (Å²) in [7, 11) is 1.79. The predicted octanol–water partition coefficient (Wildman–Crippen LogP) is 3.38. The number of nitrogens with zero attached hydrogens (tertiary/aromatic N) is 3. The average Bonchev–Trinajstić information content (AvgIpc) is 3.57. The summed E-state index contributed by atoms with van der Waals surface area (Å²) in [5.41, 5.74) is 2.39. The zero-order valence-corrected chi connectivity index (χ0v) is 19.2. The van der Waals surface area contributed by atoms with Crippen LogP contribution in [0, 0.1) is 5.92 Å². The first-order valence-corrected chi connectivity index (χ1v) is 12.3. The maximum absolute atomic E-state index is 12.7. The van der Waals surface area contributed by atoms with Crippen molar-refractivity contribution in [2.24, 2.45) is 10.9 Å². The molecule has 1 amide bonds.